The minimum absolute atomic E-state index is 0.392. The van der Waals surface area contributed by atoms with Crippen LogP contribution in [0.3, 0.4) is 0 Å². The van der Waals surface area contributed by atoms with Crippen LogP contribution in [0.25, 0.3) is 0 Å². The smallest absolute Gasteiger partial charge is 0.123 e. The summed E-state index contributed by atoms with van der Waals surface area (Å²) >= 11 is 0. The van der Waals surface area contributed by atoms with Gasteiger partial charge in [-0.1, -0.05) is 18.2 Å². The Kier molecular flexibility index (Phi) is 3.28. The molecule has 0 heterocycles. The topological polar surface area (TPSA) is 55.5 Å². The molecular weight excluding hydrogens is 166 g/mol. The minimum Gasteiger partial charge on any atom is -0.496 e. The first-order valence-electron chi connectivity index (χ1n) is 4.23. The predicted molar refractivity (Wildman–Crippen MR) is 51.6 cm³/mol. The monoisotopic (exact) mass is 181 g/mol. The number of rotatable bonds is 3. The van der Waals surface area contributed by atoms with E-state index in [1.807, 2.05) is 24.3 Å². The van der Waals surface area contributed by atoms with Gasteiger partial charge in [-0.05, 0) is 13.0 Å². The number of ether oxygens (including phenoxy) is 1. The molecule has 0 saturated carbocycles. The molecule has 3 heteroatoms. The van der Waals surface area contributed by atoms with Crippen LogP contribution in [0.5, 0.6) is 5.75 Å². The Labute approximate surface area is 78.1 Å². The van der Waals surface area contributed by atoms with Gasteiger partial charge in [0.2, 0.25) is 0 Å². The average Bonchev–Trinajstić information content (AvgIpc) is 2.16. The zero-order valence-corrected chi connectivity index (χ0v) is 7.90. The fourth-order valence-corrected chi connectivity index (χ4v) is 1.20. The van der Waals surface area contributed by atoms with Crippen molar-refractivity contribution in [2.24, 2.45) is 5.73 Å². The number of aliphatic hydroxyl groups excluding tert-OH is 1. The highest BCUT2D eigenvalue weighted by Crippen LogP contribution is 2.24. The van der Waals surface area contributed by atoms with Crippen molar-refractivity contribution >= 4 is 0 Å². The zero-order chi connectivity index (χ0) is 9.84. The van der Waals surface area contributed by atoms with Gasteiger partial charge in [0.05, 0.1) is 19.3 Å². The molecule has 3 nitrogen and oxygen atoms in total. The van der Waals surface area contributed by atoms with Crippen LogP contribution in [0.15, 0.2) is 24.3 Å². The number of hydrogen-bond donors (Lipinski definition) is 2. The summed E-state index contributed by atoms with van der Waals surface area (Å²) in [5.74, 6) is 0.718. The summed E-state index contributed by atoms with van der Waals surface area (Å²) in [7, 11) is 1.59. The molecule has 0 fully saturated rings. The second kappa shape index (κ2) is 4.25. The Hall–Kier alpha value is -1.06. The molecule has 13 heavy (non-hydrogen) atoms. The molecule has 0 aromatic heterocycles. The fraction of sp³-hybridized carbons (Fsp3) is 0.400. The molecule has 1 rings (SSSR count). The summed E-state index contributed by atoms with van der Waals surface area (Å²) in [6.45, 7) is 1.66. The van der Waals surface area contributed by atoms with Crippen LogP contribution in [0.2, 0.25) is 0 Å². The lowest BCUT2D eigenvalue weighted by atomic mass is 10.0. The molecule has 0 amide bonds. The van der Waals surface area contributed by atoms with Crippen molar-refractivity contribution in [3.8, 4) is 5.75 Å². The molecule has 0 radical (unpaired) electrons. The summed E-state index contributed by atoms with van der Waals surface area (Å²) in [5, 5.41) is 9.31. The lowest BCUT2D eigenvalue weighted by molar-refractivity contribution is 0.162. The first-order chi connectivity index (χ1) is 6.16. The van der Waals surface area contributed by atoms with Gasteiger partial charge in [0, 0.05) is 5.56 Å². The molecule has 1 aromatic carbocycles. The summed E-state index contributed by atoms with van der Waals surface area (Å²) in [6.07, 6.45) is -0.573. The van der Waals surface area contributed by atoms with E-state index in [2.05, 4.69) is 0 Å². The SMILES string of the molecule is COc1ccccc1[C@@H](N)[C@H](C)O. The van der Waals surface area contributed by atoms with E-state index in [0.29, 0.717) is 0 Å². The van der Waals surface area contributed by atoms with Crippen molar-refractivity contribution in [1.29, 1.82) is 0 Å². The summed E-state index contributed by atoms with van der Waals surface area (Å²) in [5.41, 5.74) is 6.62. The number of nitrogens with two attached hydrogens (primary N) is 1. The van der Waals surface area contributed by atoms with E-state index in [-0.39, 0.29) is 0 Å². The van der Waals surface area contributed by atoms with E-state index in [1.54, 1.807) is 14.0 Å². The van der Waals surface area contributed by atoms with Crippen molar-refractivity contribution in [2.45, 2.75) is 19.1 Å². The quantitative estimate of drug-likeness (QED) is 0.733. The van der Waals surface area contributed by atoms with Crippen LogP contribution < -0.4 is 10.5 Å². The number of aliphatic hydroxyl groups is 1. The van der Waals surface area contributed by atoms with Crippen molar-refractivity contribution in [1.82, 2.24) is 0 Å². The molecule has 0 saturated heterocycles. The second-order valence-corrected chi connectivity index (χ2v) is 3.01. The molecule has 0 aliphatic heterocycles. The van der Waals surface area contributed by atoms with Crippen molar-refractivity contribution in [2.75, 3.05) is 7.11 Å². The summed E-state index contributed by atoms with van der Waals surface area (Å²) in [6, 6.07) is 7.04. The first-order valence-corrected chi connectivity index (χ1v) is 4.23. The number of benzene rings is 1. The van der Waals surface area contributed by atoms with Gasteiger partial charge in [0.1, 0.15) is 5.75 Å². The normalized spacial score (nSPS) is 15.1. The fourth-order valence-electron chi connectivity index (χ4n) is 1.20. The van der Waals surface area contributed by atoms with Crippen LogP contribution in [0.4, 0.5) is 0 Å². The van der Waals surface area contributed by atoms with E-state index < -0.39 is 12.1 Å². The maximum Gasteiger partial charge on any atom is 0.123 e. The van der Waals surface area contributed by atoms with Crippen LogP contribution in [0.1, 0.15) is 18.5 Å². The highest BCUT2D eigenvalue weighted by molar-refractivity contribution is 5.36. The van der Waals surface area contributed by atoms with Gasteiger partial charge in [0.15, 0.2) is 0 Å². The minimum atomic E-state index is -0.573. The molecule has 0 bridgehead atoms. The third kappa shape index (κ3) is 2.20. The maximum absolute atomic E-state index is 9.31. The summed E-state index contributed by atoms with van der Waals surface area (Å²) in [4.78, 5) is 0. The number of para-hydroxylation sites is 1. The van der Waals surface area contributed by atoms with E-state index in [4.69, 9.17) is 10.5 Å². The van der Waals surface area contributed by atoms with E-state index in [9.17, 15) is 5.11 Å². The predicted octanol–water partition coefficient (Wildman–Crippen LogP) is 1.08. The second-order valence-electron chi connectivity index (χ2n) is 3.01. The zero-order valence-electron chi connectivity index (χ0n) is 7.90. The lowest BCUT2D eigenvalue weighted by Gasteiger charge is -2.17. The maximum atomic E-state index is 9.31. The van der Waals surface area contributed by atoms with Gasteiger partial charge in [-0.2, -0.15) is 0 Å². The standard InChI is InChI=1S/C10H15NO2/c1-7(12)10(11)8-5-3-4-6-9(8)13-2/h3-7,10,12H,11H2,1-2H3/t7-,10-/m0/s1. The van der Waals surface area contributed by atoms with Gasteiger partial charge < -0.3 is 15.6 Å². The molecule has 2 atom stereocenters. The van der Waals surface area contributed by atoms with Gasteiger partial charge in [-0.3, -0.25) is 0 Å². The van der Waals surface area contributed by atoms with Gasteiger partial charge in [0.25, 0.3) is 0 Å². The number of methoxy groups -OCH3 is 1. The third-order valence-corrected chi connectivity index (χ3v) is 2.02. The summed E-state index contributed by atoms with van der Waals surface area (Å²) < 4.78 is 5.13. The highest BCUT2D eigenvalue weighted by Gasteiger charge is 2.15. The molecule has 0 aliphatic carbocycles. The average molecular weight is 181 g/mol. The molecule has 3 N–H and O–H groups in total. The molecule has 0 aliphatic rings. The lowest BCUT2D eigenvalue weighted by Crippen LogP contribution is -2.23. The first kappa shape index (κ1) is 10.0. The van der Waals surface area contributed by atoms with E-state index in [0.717, 1.165) is 11.3 Å². The Morgan fingerprint density at radius 3 is 2.54 bits per heavy atom. The largest absolute Gasteiger partial charge is 0.496 e. The van der Waals surface area contributed by atoms with Crippen LogP contribution in [-0.4, -0.2) is 18.3 Å². The van der Waals surface area contributed by atoms with Crippen molar-refractivity contribution in [3.63, 3.8) is 0 Å². The Balaban J connectivity index is 2.98. The van der Waals surface area contributed by atoms with Gasteiger partial charge in [-0.15, -0.1) is 0 Å². The molecule has 0 spiro atoms. The Morgan fingerprint density at radius 1 is 1.38 bits per heavy atom. The van der Waals surface area contributed by atoms with E-state index >= 15 is 0 Å². The molecule has 0 unspecified atom stereocenters. The van der Waals surface area contributed by atoms with Crippen molar-refractivity contribution in [3.05, 3.63) is 29.8 Å². The third-order valence-electron chi connectivity index (χ3n) is 2.02. The highest BCUT2D eigenvalue weighted by atomic mass is 16.5. The molecule has 72 valence electrons. The van der Waals surface area contributed by atoms with Gasteiger partial charge >= 0.3 is 0 Å². The van der Waals surface area contributed by atoms with E-state index in [1.165, 1.54) is 0 Å². The Bertz CT molecular complexity index is 273. The van der Waals surface area contributed by atoms with Gasteiger partial charge in [-0.25, -0.2) is 0 Å². The van der Waals surface area contributed by atoms with Crippen LogP contribution in [-0.2, 0) is 0 Å². The number of hydrogen-bond acceptors (Lipinski definition) is 3. The Morgan fingerprint density at radius 2 is 2.00 bits per heavy atom. The van der Waals surface area contributed by atoms with Crippen molar-refractivity contribution < 1.29 is 9.84 Å². The van der Waals surface area contributed by atoms with Crippen LogP contribution in [0, 0.1) is 0 Å². The van der Waals surface area contributed by atoms with Crippen LogP contribution >= 0.6 is 0 Å². The molecular formula is C10H15NO2. The molecule has 1 aromatic rings.